The van der Waals surface area contributed by atoms with Crippen LogP contribution < -0.4 is 10.9 Å². The molecule has 138 valence electrons. The molecule has 1 atom stereocenters. The van der Waals surface area contributed by atoms with Crippen molar-refractivity contribution in [3.8, 4) is 0 Å². The third-order valence-electron chi connectivity index (χ3n) is 3.55. The van der Waals surface area contributed by atoms with Gasteiger partial charge in [-0.05, 0) is 18.2 Å². The minimum Gasteiger partial charge on any atom is -0.394 e. The van der Waals surface area contributed by atoms with Crippen LogP contribution in [0.4, 0.5) is 24.8 Å². The summed E-state index contributed by atoms with van der Waals surface area (Å²) in [7, 11) is 0. The van der Waals surface area contributed by atoms with Gasteiger partial charge in [-0.25, -0.2) is 4.98 Å². The second-order valence-electron chi connectivity index (χ2n) is 5.52. The number of anilines is 2. The minimum absolute atomic E-state index is 0.00438. The van der Waals surface area contributed by atoms with E-state index in [1.807, 2.05) is 0 Å². The zero-order chi connectivity index (χ0) is 18.9. The van der Waals surface area contributed by atoms with Crippen molar-refractivity contribution >= 4 is 22.8 Å². The van der Waals surface area contributed by atoms with Gasteiger partial charge in [-0.15, -0.1) is 0 Å². The van der Waals surface area contributed by atoms with Gasteiger partial charge < -0.3 is 20.1 Å². The van der Waals surface area contributed by atoms with Gasteiger partial charge in [-0.1, -0.05) is 6.07 Å². The first-order valence-corrected chi connectivity index (χ1v) is 7.46. The Bertz CT molecular complexity index is 983. The number of aromatic amines is 1. The number of aliphatic hydroxyl groups is 2. The van der Waals surface area contributed by atoms with Gasteiger partial charge in [0.15, 0.2) is 11.2 Å². The van der Waals surface area contributed by atoms with Crippen LogP contribution in [0, 0.1) is 0 Å². The van der Waals surface area contributed by atoms with Crippen LogP contribution >= 0.6 is 0 Å². The predicted molar refractivity (Wildman–Crippen MR) is 86.0 cm³/mol. The Kier molecular flexibility index (Phi) is 4.66. The van der Waals surface area contributed by atoms with E-state index in [4.69, 9.17) is 5.11 Å². The number of benzene rings is 1. The lowest BCUT2D eigenvalue weighted by atomic mass is 10.2. The summed E-state index contributed by atoms with van der Waals surface area (Å²) in [5.41, 5.74) is -1.23. The molecule has 0 fully saturated rings. The fourth-order valence-electron chi connectivity index (χ4n) is 2.34. The van der Waals surface area contributed by atoms with E-state index in [0.717, 1.165) is 12.1 Å². The number of aromatic nitrogens is 4. The third kappa shape index (κ3) is 3.68. The van der Waals surface area contributed by atoms with Crippen molar-refractivity contribution in [2.45, 2.75) is 18.8 Å². The Morgan fingerprint density at radius 2 is 2.12 bits per heavy atom. The largest absolute Gasteiger partial charge is 0.416 e. The van der Waals surface area contributed by atoms with Gasteiger partial charge in [0.1, 0.15) is 0 Å². The second kappa shape index (κ2) is 6.77. The van der Waals surface area contributed by atoms with E-state index in [-0.39, 0.29) is 29.3 Å². The summed E-state index contributed by atoms with van der Waals surface area (Å²) >= 11 is 0. The van der Waals surface area contributed by atoms with Crippen molar-refractivity contribution in [1.29, 1.82) is 0 Å². The summed E-state index contributed by atoms with van der Waals surface area (Å²) < 4.78 is 39.7. The predicted octanol–water partition coefficient (Wildman–Crippen LogP) is 1.24. The molecular formula is C15H14F3N5O3. The van der Waals surface area contributed by atoms with Crippen molar-refractivity contribution in [3.63, 3.8) is 0 Å². The Balaban J connectivity index is 1.96. The maximum absolute atomic E-state index is 12.8. The summed E-state index contributed by atoms with van der Waals surface area (Å²) in [4.78, 5) is 22.5. The van der Waals surface area contributed by atoms with E-state index in [1.54, 1.807) is 0 Å². The Morgan fingerprint density at radius 1 is 1.35 bits per heavy atom. The number of fused-ring (bicyclic) bond motifs is 1. The highest BCUT2D eigenvalue weighted by atomic mass is 19.4. The molecule has 8 nitrogen and oxygen atoms in total. The van der Waals surface area contributed by atoms with Crippen molar-refractivity contribution in [3.05, 3.63) is 46.5 Å². The number of alkyl halides is 3. The van der Waals surface area contributed by atoms with Gasteiger partial charge in [0, 0.05) is 5.69 Å². The third-order valence-corrected chi connectivity index (χ3v) is 3.55. The van der Waals surface area contributed by atoms with E-state index >= 15 is 0 Å². The minimum atomic E-state index is -4.50. The van der Waals surface area contributed by atoms with E-state index in [2.05, 4.69) is 20.3 Å². The molecule has 0 aliphatic heterocycles. The monoisotopic (exact) mass is 369 g/mol. The number of nitrogens with zero attached hydrogens (tertiary/aromatic N) is 3. The SMILES string of the molecule is O=c1[nH]c(Nc2cccc(C(F)(F)F)c2)nc2c1ncn2CC(O)CO. The Hall–Kier alpha value is -2.92. The van der Waals surface area contributed by atoms with Gasteiger partial charge >= 0.3 is 6.18 Å². The summed E-state index contributed by atoms with van der Waals surface area (Å²) in [5, 5.41) is 21.1. The summed E-state index contributed by atoms with van der Waals surface area (Å²) in [6.07, 6.45) is -4.30. The Morgan fingerprint density at radius 3 is 2.81 bits per heavy atom. The van der Waals surface area contributed by atoms with Gasteiger partial charge in [0.05, 0.1) is 31.1 Å². The number of imidazole rings is 1. The average molecular weight is 369 g/mol. The van der Waals surface area contributed by atoms with E-state index < -0.39 is 30.0 Å². The van der Waals surface area contributed by atoms with Crippen LogP contribution in [-0.4, -0.2) is 42.4 Å². The molecule has 0 spiro atoms. The maximum atomic E-state index is 12.8. The van der Waals surface area contributed by atoms with Crippen LogP contribution in [0.5, 0.6) is 0 Å². The molecule has 1 unspecified atom stereocenters. The number of hydrogen-bond acceptors (Lipinski definition) is 6. The average Bonchev–Trinajstić information content (AvgIpc) is 2.97. The molecule has 2 aromatic heterocycles. The highest BCUT2D eigenvalue weighted by Crippen LogP contribution is 2.31. The van der Waals surface area contributed by atoms with Gasteiger partial charge in [-0.2, -0.15) is 18.2 Å². The van der Waals surface area contributed by atoms with Crippen molar-refractivity contribution in [1.82, 2.24) is 19.5 Å². The van der Waals surface area contributed by atoms with Crippen LogP contribution in [0.2, 0.25) is 0 Å². The van der Waals surface area contributed by atoms with Crippen molar-refractivity contribution in [2.24, 2.45) is 0 Å². The van der Waals surface area contributed by atoms with E-state index in [1.165, 1.54) is 23.0 Å². The van der Waals surface area contributed by atoms with Crippen LogP contribution in [0.1, 0.15) is 5.56 Å². The normalized spacial score (nSPS) is 13.1. The van der Waals surface area contributed by atoms with Crippen LogP contribution in [0.3, 0.4) is 0 Å². The zero-order valence-corrected chi connectivity index (χ0v) is 13.2. The van der Waals surface area contributed by atoms with E-state index in [0.29, 0.717) is 0 Å². The number of nitrogens with one attached hydrogen (secondary N) is 2. The molecule has 0 saturated carbocycles. The summed E-state index contributed by atoms with van der Waals surface area (Å²) in [6, 6.07) is 4.43. The van der Waals surface area contributed by atoms with Crippen LogP contribution in [0.25, 0.3) is 11.2 Å². The smallest absolute Gasteiger partial charge is 0.394 e. The van der Waals surface area contributed by atoms with E-state index in [9.17, 15) is 23.1 Å². The quantitative estimate of drug-likeness (QED) is 0.538. The molecular weight excluding hydrogens is 355 g/mol. The molecule has 3 aromatic rings. The molecule has 3 rings (SSSR count). The number of halogens is 3. The fraction of sp³-hybridized carbons (Fsp3) is 0.267. The molecule has 0 aliphatic rings. The Labute approximate surface area is 144 Å². The molecule has 2 heterocycles. The van der Waals surface area contributed by atoms with Crippen molar-refractivity contribution < 1.29 is 23.4 Å². The first-order valence-electron chi connectivity index (χ1n) is 7.46. The standard InChI is InChI=1S/C15H14F3N5O3/c16-15(17,18)8-2-1-3-9(4-8)20-14-21-12-11(13(26)22-14)19-7-23(12)5-10(25)6-24/h1-4,7,10,24-25H,5-6H2,(H2,20,21,22,26). The second-order valence-corrected chi connectivity index (χ2v) is 5.52. The molecule has 0 radical (unpaired) electrons. The number of aliphatic hydroxyl groups excluding tert-OH is 2. The van der Waals surface area contributed by atoms with Crippen molar-refractivity contribution in [2.75, 3.05) is 11.9 Å². The molecule has 4 N–H and O–H groups in total. The van der Waals surface area contributed by atoms with Gasteiger partial charge in [-0.3, -0.25) is 9.78 Å². The molecule has 0 amide bonds. The molecule has 0 aliphatic carbocycles. The maximum Gasteiger partial charge on any atom is 0.416 e. The summed E-state index contributed by atoms with van der Waals surface area (Å²) in [6.45, 7) is -0.537. The topological polar surface area (TPSA) is 116 Å². The van der Waals surface area contributed by atoms with Crippen LogP contribution in [-0.2, 0) is 12.7 Å². The number of rotatable bonds is 5. The lowest BCUT2D eigenvalue weighted by molar-refractivity contribution is -0.137. The van der Waals surface area contributed by atoms with Gasteiger partial charge in [0.25, 0.3) is 5.56 Å². The van der Waals surface area contributed by atoms with Crippen LogP contribution in [0.15, 0.2) is 35.4 Å². The first-order chi connectivity index (χ1) is 12.3. The molecule has 1 aromatic carbocycles. The lowest BCUT2D eigenvalue weighted by Crippen LogP contribution is -2.20. The fourth-order valence-corrected chi connectivity index (χ4v) is 2.34. The highest BCUT2D eigenvalue weighted by molar-refractivity contribution is 5.71. The number of H-pyrrole nitrogens is 1. The number of hydrogen-bond donors (Lipinski definition) is 4. The van der Waals surface area contributed by atoms with Gasteiger partial charge in [0.2, 0.25) is 5.95 Å². The molecule has 11 heteroatoms. The highest BCUT2D eigenvalue weighted by Gasteiger charge is 2.30. The zero-order valence-electron chi connectivity index (χ0n) is 13.2. The molecule has 0 bridgehead atoms. The molecule has 0 saturated heterocycles. The lowest BCUT2D eigenvalue weighted by Gasteiger charge is -2.11. The molecule has 26 heavy (non-hydrogen) atoms. The first kappa shape index (κ1) is 17.9. The summed E-state index contributed by atoms with van der Waals surface area (Å²) in [5.74, 6) is -0.0814.